The maximum atomic E-state index is 12.9. The summed E-state index contributed by atoms with van der Waals surface area (Å²) < 4.78 is 20.0. The molecule has 4 rings (SSSR count). The monoisotopic (exact) mass is 1480 g/mol. The van der Waals surface area contributed by atoms with Crippen molar-refractivity contribution in [3.05, 3.63) is 91.2 Å². The average molecular weight is 1480 g/mol. The number of amides is 1. The van der Waals surface area contributed by atoms with E-state index in [2.05, 4.69) is 115 Å². The fourth-order valence-electron chi connectivity index (χ4n) is 13.9. The molecule has 0 saturated carbocycles. The van der Waals surface area contributed by atoms with Crippen LogP contribution in [0.25, 0.3) is 16.5 Å². The minimum atomic E-state index is -0.305. The molecular weight excluding hydrogens is 1320 g/mol. The fourth-order valence-corrected chi connectivity index (χ4v) is 13.9. The molecule has 0 spiro atoms. The van der Waals surface area contributed by atoms with E-state index in [4.69, 9.17) is 18.9 Å². The van der Waals surface area contributed by atoms with E-state index in [1.165, 1.54) is 348 Å². The number of unbranched alkanes of at least 4 members (excludes halogenated alkanes) is 48. The van der Waals surface area contributed by atoms with E-state index in [0.29, 0.717) is 43.6 Å². The Morgan fingerprint density at radius 3 is 0.991 bits per heavy atom. The van der Waals surface area contributed by atoms with Crippen LogP contribution in [0.15, 0.2) is 80.1 Å². The van der Waals surface area contributed by atoms with Gasteiger partial charge in [-0.15, -0.1) is 0 Å². The molecule has 0 unspecified atom stereocenters. The molecule has 2 aromatic rings. The van der Waals surface area contributed by atoms with E-state index in [-0.39, 0.29) is 35.7 Å². The third-order valence-corrected chi connectivity index (χ3v) is 20.6. The number of benzene rings is 1. The number of esters is 4. The molecule has 12 heteroatoms. The van der Waals surface area contributed by atoms with Gasteiger partial charge >= 0.3 is 23.9 Å². The fraction of sp³-hybridized carbons (Fsp3) is 0.755. The Hall–Kier alpha value is -5.23. The lowest BCUT2D eigenvalue weighted by atomic mass is 9.79. The van der Waals surface area contributed by atoms with Gasteiger partial charge in [0.25, 0.3) is 0 Å². The average Bonchev–Trinajstić information content (AvgIpc) is 1.46. The van der Waals surface area contributed by atoms with Crippen LogP contribution in [0, 0.1) is 5.92 Å². The summed E-state index contributed by atoms with van der Waals surface area (Å²) in [6.07, 6.45) is 77.3. The molecule has 1 aromatic heterocycles. The lowest BCUT2D eigenvalue weighted by molar-refractivity contribution is -0.139. The standard InChI is InChI=1S/C22H42O2.C21H40O2.C20H25N3O.C16H30O2.C15H28O2/c1-4-5-6-7-8-9-10-11-12-13-14-15-16-17-18-19-20-24-22(23)21(2)3;1-3-5-6-7-8-9-10-11-12-13-14-15-16-17-18-19-20-23-21(22)4-2;1-4-23(5-2)20(24)14-9-16-15-7-6-8-17-19(15)13(11-21-17)10-18(16)22(3)12-14;1-4-5-6-7-8-9-10-11-12-13-14-18-16(17)15(2)3;1-3-5-6-7-8-9-10-11-12-13-14-17-15(16)4-2/h2,4-20H2,1,3H3;4H,2-3,5-20H2,1H3;6-9,11,14,18,21H,4-5,10,12H2,1-3H3;2,4-14H2,1,3H3;4H,2-3,5-14H2,1H3/t;;14-,18-;;/m..1../s1. The molecule has 1 amide bonds. The Morgan fingerprint density at radius 2 is 0.717 bits per heavy atom. The van der Waals surface area contributed by atoms with Crippen LogP contribution in [0.1, 0.15) is 400 Å². The number of carbonyl (C=O) groups is 5. The minimum absolute atomic E-state index is 0.0445. The largest absolute Gasteiger partial charge is 0.463 e. The first-order valence-electron chi connectivity index (χ1n) is 44.2. The van der Waals surface area contributed by atoms with Crippen molar-refractivity contribution in [3.8, 4) is 0 Å². The van der Waals surface area contributed by atoms with Crippen molar-refractivity contribution in [3.63, 3.8) is 0 Å². The van der Waals surface area contributed by atoms with Crippen LogP contribution in [0.2, 0.25) is 0 Å². The summed E-state index contributed by atoms with van der Waals surface area (Å²) >= 11 is 0. The molecule has 0 radical (unpaired) electrons. The summed E-state index contributed by atoms with van der Waals surface area (Å²) in [6, 6.07) is 6.82. The van der Waals surface area contributed by atoms with Crippen molar-refractivity contribution < 1.29 is 42.9 Å². The van der Waals surface area contributed by atoms with E-state index in [9.17, 15) is 24.0 Å². The van der Waals surface area contributed by atoms with Crippen molar-refractivity contribution >= 4 is 46.3 Å². The number of hydrogen-bond donors (Lipinski definition) is 1. The first-order chi connectivity index (χ1) is 51.6. The summed E-state index contributed by atoms with van der Waals surface area (Å²) in [5.41, 5.74) is 6.19. The number of nitrogens with one attached hydrogen (secondary N) is 1. The van der Waals surface area contributed by atoms with E-state index in [0.717, 1.165) is 51.7 Å². The zero-order valence-electron chi connectivity index (χ0n) is 70.5. The summed E-state index contributed by atoms with van der Waals surface area (Å²) in [4.78, 5) is 64.4. The normalized spacial score (nSPS) is 13.3. The van der Waals surface area contributed by atoms with Crippen LogP contribution in [0.5, 0.6) is 0 Å². The van der Waals surface area contributed by atoms with Gasteiger partial charge in [-0.2, -0.15) is 0 Å². The highest BCUT2D eigenvalue weighted by molar-refractivity contribution is 5.99. The Bertz CT molecular complexity index is 2530. The Balaban J connectivity index is 0.00000131. The molecule has 2 aliphatic rings. The van der Waals surface area contributed by atoms with Crippen molar-refractivity contribution in [2.24, 2.45) is 5.92 Å². The van der Waals surface area contributed by atoms with Gasteiger partial charge in [-0.1, -0.05) is 380 Å². The predicted molar refractivity (Wildman–Crippen MR) is 454 cm³/mol. The second kappa shape index (κ2) is 73.9. The topological polar surface area (TPSA) is 145 Å². The lowest BCUT2D eigenvalue weighted by Gasteiger charge is -2.40. The number of rotatable bonds is 63. The number of H-pyrrole nitrogens is 1. The summed E-state index contributed by atoms with van der Waals surface area (Å²) in [5.74, 6) is -0.907. The van der Waals surface area contributed by atoms with Crippen LogP contribution in [-0.2, 0) is 49.3 Å². The lowest BCUT2D eigenvalue weighted by Crippen LogP contribution is -2.47. The highest BCUT2D eigenvalue weighted by Crippen LogP contribution is 2.41. The van der Waals surface area contributed by atoms with Crippen LogP contribution in [0.4, 0.5) is 0 Å². The highest BCUT2D eigenvalue weighted by atomic mass is 16.5. The maximum Gasteiger partial charge on any atom is 0.333 e. The van der Waals surface area contributed by atoms with Gasteiger partial charge in [0.15, 0.2) is 0 Å². The molecule has 610 valence electrons. The summed E-state index contributed by atoms with van der Waals surface area (Å²) in [6.45, 7) is 34.9. The second-order valence-corrected chi connectivity index (χ2v) is 30.5. The Kier molecular flexibility index (Phi) is 70.2. The van der Waals surface area contributed by atoms with Crippen LogP contribution in [-0.4, -0.2) is 104 Å². The zero-order valence-corrected chi connectivity index (χ0v) is 70.5. The molecule has 0 saturated heterocycles. The first-order valence-corrected chi connectivity index (χ1v) is 44.2. The van der Waals surface area contributed by atoms with E-state index < -0.39 is 0 Å². The van der Waals surface area contributed by atoms with Crippen LogP contribution >= 0.6 is 0 Å². The number of nitrogens with zero attached hydrogens (tertiary/aromatic N) is 2. The van der Waals surface area contributed by atoms with E-state index in [1.807, 2.05) is 4.90 Å². The molecule has 2 atom stereocenters. The molecule has 106 heavy (non-hydrogen) atoms. The Labute approximate surface area is 652 Å². The zero-order chi connectivity index (χ0) is 78.1. The maximum absolute atomic E-state index is 12.9. The first kappa shape index (κ1) is 101. The smallest absolute Gasteiger partial charge is 0.333 e. The van der Waals surface area contributed by atoms with Crippen LogP contribution < -0.4 is 0 Å². The molecule has 1 aromatic carbocycles. The van der Waals surface area contributed by atoms with Gasteiger partial charge in [-0.25, -0.2) is 19.2 Å². The van der Waals surface area contributed by atoms with E-state index in [1.54, 1.807) is 13.8 Å². The molecule has 0 fully saturated rings. The van der Waals surface area contributed by atoms with Crippen molar-refractivity contribution in [2.75, 3.05) is 53.1 Å². The van der Waals surface area contributed by atoms with Gasteiger partial charge in [-0.3, -0.25) is 9.69 Å². The van der Waals surface area contributed by atoms with Gasteiger partial charge in [-0.05, 0) is 89.6 Å². The van der Waals surface area contributed by atoms with Gasteiger partial charge in [0, 0.05) is 66.1 Å². The summed E-state index contributed by atoms with van der Waals surface area (Å²) in [7, 11) is 2.15. The van der Waals surface area contributed by atoms with Gasteiger partial charge in [0.05, 0.1) is 32.3 Å². The molecule has 2 heterocycles. The second-order valence-electron chi connectivity index (χ2n) is 30.5. The van der Waals surface area contributed by atoms with Crippen molar-refractivity contribution in [2.45, 2.75) is 402 Å². The third-order valence-electron chi connectivity index (χ3n) is 20.6. The number of carbonyl (C=O) groups excluding carboxylic acids is 5. The van der Waals surface area contributed by atoms with E-state index >= 15 is 0 Å². The third kappa shape index (κ3) is 56.1. The molecule has 1 N–H and O–H groups in total. The quantitative estimate of drug-likeness (QED) is 0.0294. The SMILES string of the molecule is C=C(C)C(=O)OCCCCCCCCCCCC.C=C(C)C(=O)OCCCCCCCCCCCCCCCCCC.C=CC(=O)OCCCCCCCCCCCC.C=CC(=O)OCCCCCCCCCCCCCCCCCC.CCN(CC)C(=O)[C@@H]1C=C2c3cccc4[nH]cc(c34)C[C@H]2N(C)C1. The highest BCUT2D eigenvalue weighted by Gasteiger charge is 2.36. The number of aromatic nitrogens is 1. The van der Waals surface area contributed by atoms with Gasteiger partial charge < -0.3 is 28.8 Å². The molecule has 1 aliphatic heterocycles. The number of fused-ring (bicyclic) bond motifs is 2. The van der Waals surface area contributed by atoms with Gasteiger partial charge in [0.2, 0.25) is 5.91 Å². The summed E-state index contributed by atoms with van der Waals surface area (Å²) in [5, 5.41) is 1.34. The Morgan fingerprint density at radius 1 is 0.434 bits per heavy atom. The van der Waals surface area contributed by atoms with Gasteiger partial charge in [0.1, 0.15) is 0 Å². The molecule has 12 nitrogen and oxygen atoms in total. The predicted octanol–water partition coefficient (Wildman–Crippen LogP) is 26.9. The minimum Gasteiger partial charge on any atom is -0.463 e. The number of aromatic amines is 1. The molecule has 0 bridgehead atoms. The van der Waals surface area contributed by atoms with Crippen molar-refractivity contribution in [1.82, 2.24) is 14.8 Å². The number of hydrogen-bond acceptors (Lipinski definition) is 10. The molecule has 1 aliphatic carbocycles. The molecular formula is C94H165N3O9. The number of likely N-dealkylation sites (N-methyl/N-ethyl adjacent to an activating group) is 1. The van der Waals surface area contributed by atoms with Crippen molar-refractivity contribution in [1.29, 1.82) is 0 Å². The van der Waals surface area contributed by atoms with Crippen LogP contribution in [0.3, 0.4) is 0 Å². The number of ether oxygens (including phenoxy) is 4.